The first-order valence-electron chi connectivity index (χ1n) is 7.34. The van der Waals surface area contributed by atoms with Crippen molar-refractivity contribution in [3.63, 3.8) is 0 Å². The van der Waals surface area contributed by atoms with E-state index in [1.54, 1.807) is 19.1 Å². The van der Waals surface area contributed by atoms with Crippen LogP contribution in [0, 0.1) is 17.0 Å². The van der Waals surface area contributed by atoms with Gasteiger partial charge in [-0.15, -0.1) is 0 Å². The Balaban J connectivity index is 2.08. The maximum atomic E-state index is 11.0. The molecule has 0 amide bonds. The molecule has 1 aliphatic rings. The lowest BCUT2D eigenvalue weighted by atomic mass is 9.85. The summed E-state index contributed by atoms with van der Waals surface area (Å²) in [4.78, 5) is 10.6. The van der Waals surface area contributed by atoms with Crippen molar-refractivity contribution in [2.45, 2.75) is 45.4 Å². The van der Waals surface area contributed by atoms with Gasteiger partial charge in [0.05, 0.1) is 10.5 Å². The largest absolute Gasteiger partial charge is 0.487 e. The van der Waals surface area contributed by atoms with Gasteiger partial charge in [-0.2, -0.15) is 0 Å². The third-order valence-electron chi connectivity index (χ3n) is 3.81. The number of nitrogens with zero attached hydrogens (tertiary/aromatic N) is 1. The lowest BCUT2D eigenvalue weighted by Gasteiger charge is -2.44. The van der Waals surface area contributed by atoms with E-state index in [9.17, 15) is 10.1 Å². The van der Waals surface area contributed by atoms with Crippen LogP contribution >= 0.6 is 0 Å². The highest BCUT2D eigenvalue weighted by molar-refractivity contribution is 5.48. The van der Waals surface area contributed by atoms with Crippen molar-refractivity contribution >= 4 is 5.69 Å². The SMILES string of the molecule is CCNC1CC(Oc2cccc([N+](=O)[O-])c2C)C1OCC. The van der Waals surface area contributed by atoms with Gasteiger partial charge in [-0.25, -0.2) is 0 Å². The smallest absolute Gasteiger partial charge is 0.276 e. The second kappa shape index (κ2) is 6.87. The second-order valence-corrected chi connectivity index (χ2v) is 5.13. The fourth-order valence-corrected chi connectivity index (χ4v) is 2.67. The predicted molar refractivity (Wildman–Crippen MR) is 79.7 cm³/mol. The van der Waals surface area contributed by atoms with Crippen LogP contribution in [0.1, 0.15) is 25.8 Å². The summed E-state index contributed by atoms with van der Waals surface area (Å²) in [5.74, 6) is 0.564. The highest BCUT2D eigenvalue weighted by Crippen LogP contribution is 2.33. The quantitative estimate of drug-likeness (QED) is 0.617. The Hall–Kier alpha value is -1.66. The standard InChI is InChI=1S/C15H22N2O4/c1-4-16-11-9-14(15(11)20-5-2)21-13-8-6-7-12(10(13)3)17(18)19/h6-8,11,14-16H,4-5,9H2,1-3H3. The van der Waals surface area contributed by atoms with Crippen molar-refractivity contribution in [3.8, 4) is 5.75 Å². The first kappa shape index (κ1) is 15.7. The van der Waals surface area contributed by atoms with Crippen LogP contribution in [0.15, 0.2) is 18.2 Å². The Kier molecular flexibility index (Phi) is 5.14. The summed E-state index contributed by atoms with van der Waals surface area (Å²) in [6, 6.07) is 5.20. The third-order valence-corrected chi connectivity index (χ3v) is 3.81. The lowest BCUT2D eigenvalue weighted by Crippen LogP contribution is -2.61. The van der Waals surface area contributed by atoms with Gasteiger partial charge < -0.3 is 14.8 Å². The van der Waals surface area contributed by atoms with Crippen LogP contribution in [0.25, 0.3) is 0 Å². The van der Waals surface area contributed by atoms with Gasteiger partial charge in [0.25, 0.3) is 5.69 Å². The van der Waals surface area contributed by atoms with Gasteiger partial charge in [-0.3, -0.25) is 10.1 Å². The van der Waals surface area contributed by atoms with E-state index in [0.717, 1.165) is 13.0 Å². The Labute approximate surface area is 124 Å². The Morgan fingerprint density at radius 3 is 2.81 bits per heavy atom. The van der Waals surface area contributed by atoms with Crippen LogP contribution in [0.2, 0.25) is 0 Å². The average molecular weight is 294 g/mol. The van der Waals surface area contributed by atoms with Crippen molar-refractivity contribution in [1.82, 2.24) is 5.32 Å². The lowest BCUT2D eigenvalue weighted by molar-refractivity contribution is -0.385. The molecule has 0 spiro atoms. The molecule has 0 bridgehead atoms. The van der Waals surface area contributed by atoms with E-state index < -0.39 is 0 Å². The number of benzene rings is 1. The highest BCUT2D eigenvalue weighted by atomic mass is 16.6. The molecule has 2 rings (SSSR count). The van der Waals surface area contributed by atoms with Crippen LogP contribution in [0.4, 0.5) is 5.69 Å². The summed E-state index contributed by atoms with van der Waals surface area (Å²) in [6.45, 7) is 7.24. The number of nitrogens with one attached hydrogen (secondary N) is 1. The number of likely N-dealkylation sites (N-methyl/N-ethyl adjacent to an activating group) is 1. The maximum absolute atomic E-state index is 11.0. The number of hydrogen-bond acceptors (Lipinski definition) is 5. The summed E-state index contributed by atoms with van der Waals surface area (Å²) >= 11 is 0. The molecule has 0 radical (unpaired) electrons. The predicted octanol–water partition coefficient (Wildman–Crippen LogP) is 2.44. The Morgan fingerprint density at radius 1 is 1.43 bits per heavy atom. The topological polar surface area (TPSA) is 73.6 Å². The number of rotatable bonds is 7. The van der Waals surface area contributed by atoms with E-state index in [-0.39, 0.29) is 22.8 Å². The zero-order chi connectivity index (χ0) is 15.4. The fourth-order valence-electron chi connectivity index (χ4n) is 2.67. The van der Waals surface area contributed by atoms with Crippen LogP contribution < -0.4 is 10.1 Å². The van der Waals surface area contributed by atoms with Gasteiger partial charge in [-0.1, -0.05) is 13.0 Å². The summed E-state index contributed by atoms with van der Waals surface area (Å²) in [5.41, 5.74) is 0.646. The molecule has 1 fully saturated rings. The monoisotopic (exact) mass is 294 g/mol. The maximum Gasteiger partial charge on any atom is 0.276 e. The van der Waals surface area contributed by atoms with E-state index in [1.165, 1.54) is 6.07 Å². The fraction of sp³-hybridized carbons (Fsp3) is 0.600. The zero-order valence-corrected chi connectivity index (χ0v) is 12.7. The summed E-state index contributed by atoms with van der Waals surface area (Å²) in [6.07, 6.45) is 0.781. The minimum absolute atomic E-state index is 0.00591. The molecule has 1 aromatic rings. The van der Waals surface area contributed by atoms with Crippen molar-refractivity contribution in [2.75, 3.05) is 13.2 Å². The number of ether oxygens (including phenoxy) is 2. The average Bonchev–Trinajstić information content (AvgIpc) is 2.45. The summed E-state index contributed by atoms with van der Waals surface area (Å²) in [5, 5.41) is 14.3. The third kappa shape index (κ3) is 3.33. The Morgan fingerprint density at radius 2 is 2.19 bits per heavy atom. The molecule has 0 saturated heterocycles. The molecule has 1 aromatic carbocycles. The van der Waals surface area contributed by atoms with Crippen molar-refractivity contribution in [2.24, 2.45) is 0 Å². The molecule has 1 saturated carbocycles. The van der Waals surface area contributed by atoms with Gasteiger partial charge in [0, 0.05) is 25.1 Å². The van der Waals surface area contributed by atoms with Gasteiger partial charge in [0.1, 0.15) is 18.0 Å². The molecule has 0 aromatic heterocycles. The van der Waals surface area contributed by atoms with E-state index >= 15 is 0 Å². The highest BCUT2D eigenvalue weighted by Gasteiger charge is 2.43. The van der Waals surface area contributed by atoms with Gasteiger partial charge in [-0.05, 0) is 26.5 Å². The van der Waals surface area contributed by atoms with Crippen LogP contribution in [0.5, 0.6) is 5.75 Å². The van der Waals surface area contributed by atoms with Gasteiger partial charge >= 0.3 is 0 Å². The summed E-state index contributed by atoms with van der Waals surface area (Å²) < 4.78 is 11.7. The van der Waals surface area contributed by atoms with Gasteiger partial charge in [0.15, 0.2) is 0 Å². The first-order valence-corrected chi connectivity index (χ1v) is 7.34. The molecule has 0 heterocycles. The normalized spacial score (nSPS) is 24.4. The molecule has 3 atom stereocenters. The first-order chi connectivity index (χ1) is 10.1. The number of nitro groups is 1. The van der Waals surface area contributed by atoms with E-state index in [4.69, 9.17) is 9.47 Å². The Bertz CT molecular complexity index is 506. The number of hydrogen-bond donors (Lipinski definition) is 1. The van der Waals surface area contributed by atoms with E-state index in [2.05, 4.69) is 12.2 Å². The molecule has 1 aliphatic carbocycles. The summed E-state index contributed by atoms with van der Waals surface area (Å²) in [7, 11) is 0. The van der Waals surface area contributed by atoms with E-state index in [0.29, 0.717) is 24.0 Å². The van der Waals surface area contributed by atoms with Crippen LogP contribution in [0.3, 0.4) is 0 Å². The van der Waals surface area contributed by atoms with Crippen molar-refractivity contribution in [1.29, 1.82) is 0 Å². The van der Waals surface area contributed by atoms with E-state index in [1.807, 2.05) is 6.92 Å². The van der Waals surface area contributed by atoms with Crippen molar-refractivity contribution in [3.05, 3.63) is 33.9 Å². The molecule has 0 aliphatic heterocycles. The second-order valence-electron chi connectivity index (χ2n) is 5.13. The molecule has 21 heavy (non-hydrogen) atoms. The van der Waals surface area contributed by atoms with Crippen LogP contribution in [-0.4, -0.2) is 36.3 Å². The molecule has 6 heteroatoms. The molecule has 3 unspecified atom stereocenters. The number of nitro benzene ring substituents is 1. The molecule has 1 N–H and O–H groups in total. The van der Waals surface area contributed by atoms with Crippen LogP contribution in [-0.2, 0) is 4.74 Å². The molecular weight excluding hydrogens is 272 g/mol. The molecular formula is C15H22N2O4. The molecule has 6 nitrogen and oxygen atoms in total. The van der Waals surface area contributed by atoms with Crippen molar-refractivity contribution < 1.29 is 14.4 Å². The molecule has 116 valence electrons. The minimum Gasteiger partial charge on any atom is -0.487 e. The zero-order valence-electron chi connectivity index (χ0n) is 12.7. The van der Waals surface area contributed by atoms with Gasteiger partial charge in [0.2, 0.25) is 0 Å². The minimum atomic E-state index is -0.384.